The molecule has 0 radical (unpaired) electrons. The maximum absolute atomic E-state index is 13.2. The molecule has 0 amide bonds. The van der Waals surface area contributed by atoms with Crippen molar-refractivity contribution >= 4 is 28.2 Å². The summed E-state index contributed by atoms with van der Waals surface area (Å²) in [4.78, 5) is 17.9. The first-order valence-corrected chi connectivity index (χ1v) is 11.3. The predicted octanol–water partition coefficient (Wildman–Crippen LogP) is 4.90. The van der Waals surface area contributed by atoms with Gasteiger partial charge < -0.3 is 9.47 Å². The van der Waals surface area contributed by atoms with Crippen LogP contribution in [0.1, 0.15) is 22.8 Å². The van der Waals surface area contributed by atoms with Crippen molar-refractivity contribution in [3.8, 4) is 11.5 Å². The van der Waals surface area contributed by atoms with Gasteiger partial charge in [0.15, 0.2) is 5.78 Å². The van der Waals surface area contributed by atoms with E-state index in [1.54, 1.807) is 14.2 Å². The molecule has 1 saturated heterocycles. The molecule has 6 heteroatoms. The summed E-state index contributed by atoms with van der Waals surface area (Å²) >= 11 is 6.42. The smallest absolute Gasteiger partial charge is 0.179 e. The molecule has 3 aromatic carbocycles. The third kappa shape index (κ3) is 4.75. The van der Waals surface area contributed by atoms with Gasteiger partial charge in [0.05, 0.1) is 25.3 Å². The molecular weight excluding hydrogens is 424 g/mol. The van der Waals surface area contributed by atoms with Crippen LogP contribution >= 0.6 is 11.6 Å². The first-order valence-electron chi connectivity index (χ1n) is 10.9. The van der Waals surface area contributed by atoms with Crippen molar-refractivity contribution in [3.05, 3.63) is 70.7 Å². The molecule has 0 aromatic heterocycles. The van der Waals surface area contributed by atoms with Crippen LogP contribution in [0.25, 0.3) is 10.8 Å². The molecule has 1 aliphatic rings. The summed E-state index contributed by atoms with van der Waals surface area (Å²) in [5, 5.41) is 2.41. The molecule has 0 N–H and O–H groups in total. The molecule has 4 rings (SSSR count). The number of ether oxygens (including phenoxy) is 2. The molecule has 0 saturated carbocycles. The molecular formula is C26H29ClN2O3. The molecule has 1 fully saturated rings. The Hall–Kier alpha value is -2.60. The first-order chi connectivity index (χ1) is 15.5. The van der Waals surface area contributed by atoms with Gasteiger partial charge in [-0.2, -0.15) is 0 Å². The molecule has 0 bridgehead atoms. The highest BCUT2D eigenvalue weighted by molar-refractivity contribution is 6.37. The Balaban J connectivity index is 1.38. The zero-order valence-electron chi connectivity index (χ0n) is 18.8. The van der Waals surface area contributed by atoms with E-state index in [9.17, 15) is 4.79 Å². The van der Waals surface area contributed by atoms with Gasteiger partial charge in [0, 0.05) is 43.7 Å². The molecule has 32 heavy (non-hydrogen) atoms. The Kier molecular flexibility index (Phi) is 6.99. The Morgan fingerprint density at radius 1 is 0.969 bits per heavy atom. The van der Waals surface area contributed by atoms with Crippen molar-refractivity contribution < 1.29 is 14.3 Å². The zero-order valence-corrected chi connectivity index (χ0v) is 19.6. The summed E-state index contributed by atoms with van der Waals surface area (Å²) in [6.07, 6.45) is 0. The average Bonchev–Trinajstić information content (AvgIpc) is 2.84. The van der Waals surface area contributed by atoms with Gasteiger partial charge in [0.25, 0.3) is 0 Å². The fourth-order valence-electron chi connectivity index (χ4n) is 4.29. The van der Waals surface area contributed by atoms with Gasteiger partial charge in [0.2, 0.25) is 0 Å². The second kappa shape index (κ2) is 9.90. The normalized spacial score (nSPS) is 16.1. The van der Waals surface area contributed by atoms with Crippen molar-refractivity contribution in [3.63, 3.8) is 0 Å². The quantitative estimate of drug-likeness (QED) is 0.477. The van der Waals surface area contributed by atoms with E-state index in [0.29, 0.717) is 16.3 Å². The second-order valence-electron chi connectivity index (χ2n) is 8.22. The van der Waals surface area contributed by atoms with Crippen molar-refractivity contribution in [1.29, 1.82) is 0 Å². The van der Waals surface area contributed by atoms with Crippen molar-refractivity contribution in [2.24, 2.45) is 0 Å². The number of hydrogen-bond acceptors (Lipinski definition) is 5. The minimum atomic E-state index is -0.163. The molecule has 0 aliphatic carbocycles. The Morgan fingerprint density at radius 2 is 1.69 bits per heavy atom. The van der Waals surface area contributed by atoms with E-state index >= 15 is 0 Å². The summed E-state index contributed by atoms with van der Waals surface area (Å²) in [6.45, 7) is 6.55. The lowest BCUT2D eigenvalue weighted by atomic mass is 9.99. The molecule has 3 aromatic rings. The van der Waals surface area contributed by atoms with Crippen LogP contribution in [-0.4, -0.2) is 62.0 Å². The van der Waals surface area contributed by atoms with Gasteiger partial charge >= 0.3 is 0 Å². The number of Topliss-reactive ketones (excluding diaryl/α,β-unsaturated/α-hetero) is 1. The van der Waals surface area contributed by atoms with Crippen LogP contribution in [0.4, 0.5) is 0 Å². The Bertz CT molecular complexity index is 1090. The number of fused-ring (bicyclic) bond motifs is 1. The number of halogens is 1. The third-order valence-corrected chi connectivity index (χ3v) is 6.71. The van der Waals surface area contributed by atoms with Crippen molar-refractivity contribution in [2.75, 3.05) is 40.4 Å². The van der Waals surface area contributed by atoms with Crippen LogP contribution in [0.3, 0.4) is 0 Å². The number of benzene rings is 3. The first kappa shape index (κ1) is 22.6. The summed E-state index contributed by atoms with van der Waals surface area (Å²) in [5.74, 6) is 1.66. The number of carbonyl (C=O) groups is 1. The van der Waals surface area contributed by atoms with Crippen LogP contribution in [0.2, 0.25) is 5.02 Å². The summed E-state index contributed by atoms with van der Waals surface area (Å²) in [7, 11) is 3.28. The maximum Gasteiger partial charge on any atom is 0.179 e. The lowest BCUT2D eigenvalue weighted by Crippen LogP contribution is -2.51. The number of ketones is 1. The van der Waals surface area contributed by atoms with Gasteiger partial charge in [-0.05, 0) is 42.1 Å². The largest absolute Gasteiger partial charge is 0.497 e. The second-order valence-corrected chi connectivity index (χ2v) is 8.60. The Labute approximate surface area is 194 Å². The fourth-order valence-corrected chi connectivity index (χ4v) is 4.60. The number of hydrogen-bond donors (Lipinski definition) is 0. The van der Waals surface area contributed by atoms with Crippen LogP contribution in [0.5, 0.6) is 11.5 Å². The van der Waals surface area contributed by atoms with E-state index in [1.165, 1.54) is 5.56 Å². The van der Waals surface area contributed by atoms with Crippen LogP contribution in [0.15, 0.2) is 54.6 Å². The highest BCUT2D eigenvalue weighted by atomic mass is 35.5. The summed E-state index contributed by atoms with van der Waals surface area (Å²) in [6, 6.07) is 17.5. The zero-order chi connectivity index (χ0) is 22.7. The van der Waals surface area contributed by atoms with E-state index in [-0.39, 0.29) is 11.8 Å². The molecule has 1 atom stereocenters. The lowest BCUT2D eigenvalue weighted by molar-refractivity contribution is 0.0687. The van der Waals surface area contributed by atoms with Gasteiger partial charge in [0.1, 0.15) is 11.5 Å². The van der Waals surface area contributed by atoms with E-state index in [2.05, 4.69) is 21.9 Å². The lowest BCUT2D eigenvalue weighted by Gasteiger charge is -2.37. The minimum Gasteiger partial charge on any atom is -0.497 e. The average molecular weight is 453 g/mol. The third-order valence-electron chi connectivity index (χ3n) is 6.32. The molecule has 1 aliphatic heterocycles. The van der Waals surface area contributed by atoms with Crippen LogP contribution in [0, 0.1) is 0 Å². The fraction of sp³-hybridized carbons (Fsp3) is 0.346. The van der Waals surface area contributed by atoms with Gasteiger partial charge in [-0.15, -0.1) is 0 Å². The minimum absolute atomic E-state index is 0.141. The van der Waals surface area contributed by atoms with Gasteiger partial charge in [-0.1, -0.05) is 41.9 Å². The van der Waals surface area contributed by atoms with E-state index in [1.807, 2.05) is 49.4 Å². The van der Waals surface area contributed by atoms with E-state index in [0.717, 1.165) is 49.2 Å². The number of rotatable bonds is 7. The molecule has 1 heterocycles. The standard InChI is InChI=1S/C26H29ClN2O3/c1-18(26(30)21-6-10-23-20(16-21)7-11-24(32-3)25(23)27)29-14-12-28(13-15-29)17-19-4-8-22(31-2)9-5-19/h4-11,16,18H,12-15,17H2,1-3H3. The van der Waals surface area contributed by atoms with E-state index < -0.39 is 0 Å². The monoisotopic (exact) mass is 452 g/mol. The van der Waals surface area contributed by atoms with Crippen molar-refractivity contribution in [2.45, 2.75) is 19.5 Å². The number of methoxy groups -OCH3 is 2. The molecule has 168 valence electrons. The van der Waals surface area contributed by atoms with E-state index in [4.69, 9.17) is 21.1 Å². The molecule has 0 spiro atoms. The number of nitrogens with zero attached hydrogens (tertiary/aromatic N) is 2. The SMILES string of the molecule is COc1ccc(CN2CCN(C(C)C(=O)c3ccc4c(Cl)c(OC)ccc4c3)CC2)cc1. The molecule has 1 unspecified atom stereocenters. The highest BCUT2D eigenvalue weighted by Crippen LogP contribution is 2.33. The van der Waals surface area contributed by atoms with Crippen LogP contribution in [-0.2, 0) is 6.54 Å². The summed E-state index contributed by atoms with van der Waals surface area (Å²) in [5.41, 5.74) is 1.99. The van der Waals surface area contributed by atoms with Gasteiger partial charge in [-0.25, -0.2) is 0 Å². The predicted molar refractivity (Wildman–Crippen MR) is 129 cm³/mol. The maximum atomic E-state index is 13.2. The topological polar surface area (TPSA) is 42.0 Å². The van der Waals surface area contributed by atoms with Gasteiger partial charge in [-0.3, -0.25) is 14.6 Å². The Morgan fingerprint density at radius 3 is 2.34 bits per heavy atom. The number of piperazine rings is 1. The molecule has 5 nitrogen and oxygen atoms in total. The van der Waals surface area contributed by atoms with Crippen molar-refractivity contribution in [1.82, 2.24) is 9.80 Å². The summed E-state index contributed by atoms with van der Waals surface area (Å²) < 4.78 is 10.5. The van der Waals surface area contributed by atoms with Crippen LogP contribution < -0.4 is 9.47 Å². The number of carbonyl (C=O) groups excluding carboxylic acids is 1. The highest BCUT2D eigenvalue weighted by Gasteiger charge is 2.26.